The van der Waals surface area contributed by atoms with Crippen molar-refractivity contribution in [1.82, 2.24) is 5.01 Å². The topological polar surface area (TPSA) is 22.1 Å². The molecule has 0 saturated heterocycles. The molecular formula is C16H24N4. The van der Waals surface area contributed by atoms with Gasteiger partial charge in [0.1, 0.15) is 12.2 Å². The summed E-state index contributed by atoms with van der Waals surface area (Å²) in [6, 6.07) is 8.62. The van der Waals surface area contributed by atoms with Crippen molar-refractivity contribution >= 4 is 17.7 Å². The Morgan fingerprint density at radius 1 is 1.10 bits per heavy atom. The lowest BCUT2D eigenvalue weighted by Gasteiger charge is -2.25. The summed E-state index contributed by atoms with van der Waals surface area (Å²) < 4.78 is 0. The second-order valence-electron chi connectivity index (χ2n) is 5.04. The van der Waals surface area contributed by atoms with Crippen molar-refractivity contribution in [3.63, 3.8) is 0 Å². The van der Waals surface area contributed by atoms with Crippen LogP contribution in [-0.4, -0.2) is 31.5 Å². The van der Waals surface area contributed by atoms with E-state index in [-0.39, 0.29) is 0 Å². The van der Waals surface area contributed by atoms with Gasteiger partial charge in [0.25, 0.3) is 0 Å². The third-order valence-electron chi connectivity index (χ3n) is 3.47. The van der Waals surface area contributed by atoms with Crippen LogP contribution >= 0.6 is 0 Å². The first-order valence-electron chi connectivity index (χ1n) is 7.28. The summed E-state index contributed by atoms with van der Waals surface area (Å²) in [5.74, 6) is 0.872. The number of benzene rings is 1. The Kier molecular flexibility index (Phi) is 4.66. The van der Waals surface area contributed by atoms with Crippen molar-refractivity contribution in [2.24, 2.45) is 5.10 Å². The van der Waals surface area contributed by atoms with E-state index in [2.05, 4.69) is 54.7 Å². The quantitative estimate of drug-likeness (QED) is 0.791. The summed E-state index contributed by atoms with van der Waals surface area (Å²) >= 11 is 0. The van der Waals surface area contributed by atoms with Gasteiger partial charge >= 0.3 is 0 Å². The van der Waals surface area contributed by atoms with Crippen LogP contribution in [0.15, 0.2) is 41.8 Å². The SMILES string of the molecule is C=C1N(C)N=CN1c1ccc(N(CCC)CCC)cc1. The fourth-order valence-corrected chi connectivity index (χ4v) is 2.37. The van der Waals surface area contributed by atoms with E-state index in [4.69, 9.17) is 0 Å². The van der Waals surface area contributed by atoms with Crippen LogP contribution in [-0.2, 0) is 0 Å². The molecule has 0 fully saturated rings. The highest BCUT2D eigenvalue weighted by molar-refractivity contribution is 5.85. The van der Waals surface area contributed by atoms with Crippen LogP contribution in [0.2, 0.25) is 0 Å². The van der Waals surface area contributed by atoms with Gasteiger partial charge in [-0.15, -0.1) is 0 Å². The molecule has 0 bridgehead atoms. The van der Waals surface area contributed by atoms with Crippen LogP contribution in [0.5, 0.6) is 0 Å². The van der Waals surface area contributed by atoms with Crippen molar-refractivity contribution in [1.29, 1.82) is 0 Å². The molecule has 0 spiro atoms. The fraction of sp³-hybridized carbons (Fsp3) is 0.438. The molecule has 1 heterocycles. The summed E-state index contributed by atoms with van der Waals surface area (Å²) in [6.07, 6.45) is 4.14. The fourth-order valence-electron chi connectivity index (χ4n) is 2.37. The first-order chi connectivity index (χ1) is 9.67. The van der Waals surface area contributed by atoms with E-state index in [1.807, 2.05) is 11.9 Å². The van der Waals surface area contributed by atoms with Crippen molar-refractivity contribution in [3.05, 3.63) is 36.7 Å². The smallest absolute Gasteiger partial charge is 0.127 e. The van der Waals surface area contributed by atoms with E-state index in [1.54, 1.807) is 11.3 Å². The van der Waals surface area contributed by atoms with Crippen molar-refractivity contribution in [2.45, 2.75) is 26.7 Å². The molecule has 0 aromatic heterocycles. The predicted molar refractivity (Wildman–Crippen MR) is 87.1 cm³/mol. The molecule has 1 aromatic rings. The Bertz CT molecular complexity index is 472. The van der Waals surface area contributed by atoms with Crippen LogP contribution < -0.4 is 9.80 Å². The van der Waals surface area contributed by atoms with Gasteiger partial charge in [0, 0.05) is 31.5 Å². The molecule has 1 aromatic carbocycles. The summed E-state index contributed by atoms with van der Waals surface area (Å²) in [4.78, 5) is 4.43. The standard InChI is InChI=1S/C16H24N4/c1-5-11-19(12-6-2)15-7-9-16(10-8-15)20-13-17-18(4)14(20)3/h7-10,13H,3,5-6,11-12H2,1-2,4H3. The van der Waals surface area contributed by atoms with Crippen LogP contribution in [0.25, 0.3) is 0 Å². The minimum absolute atomic E-state index is 0.872. The average Bonchev–Trinajstić information content (AvgIpc) is 2.79. The largest absolute Gasteiger partial charge is 0.372 e. The van der Waals surface area contributed by atoms with Gasteiger partial charge in [-0.1, -0.05) is 20.4 Å². The number of nitrogens with zero attached hydrogens (tertiary/aromatic N) is 4. The minimum Gasteiger partial charge on any atom is -0.372 e. The molecule has 108 valence electrons. The first-order valence-corrected chi connectivity index (χ1v) is 7.28. The lowest BCUT2D eigenvalue weighted by Crippen LogP contribution is -2.25. The van der Waals surface area contributed by atoms with Gasteiger partial charge in [0.05, 0.1) is 0 Å². The average molecular weight is 272 g/mol. The lowest BCUT2D eigenvalue weighted by atomic mass is 10.2. The van der Waals surface area contributed by atoms with Crippen molar-refractivity contribution in [2.75, 3.05) is 29.9 Å². The Hall–Kier alpha value is -1.97. The second kappa shape index (κ2) is 6.46. The summed E-state index contributed by atoms with van der Waals surface area (Å²) in [6.45, 7) is 10.7. The molecule has 0 atom stereocenters. The van der Waals surface area contributed by atoms with Crippen LogP contribution in [0.4, 0.5) is 11.4 Å². The molecule has 0 amide bonds. The monoisotopic (exact) mass is 272 g/mol. The summed E-state index contributed by atoms with van der Waals surface area (Å²) in [5, 5.41) is 5.99. The zero-order chi connectivity index (χ0) is 14.5. The van der Waals surface area contributed by atoms with Gasteiger partial charge in [0.2, 0.25) is 0 Å². The van der Waals surface area contributed by atoms with Crippen LogP contribution in [0.1, 0.15) is 26.7 Å². The number of hydrogen-bond donors (Lipinski definition) is 0. The predicted octanol–water partition coefficient (Wildman–Crippen LogP) is 3.48. The Balaban J connectivity index is 2.13. The third-order valence-corrected chi connectivity index (χ3v) is 3.47. The molecule has 20 heavy (non-hydrogen) atoms. The Labute approximate surface area is 122 Å². The van der Waals surface area contributed by atoms with Gasteiger partial charge in [-0.25, -0.2) is 0 Å². The molecule has 1 aliphatic heterocycles. The maximum absolute atomic E-state index is 4.22. The Morgan fingerprint density at radius 3 is 2.15 bits per heavy atom. The molecule has 2 rings (SSSR count). The van der Waals surface area contributed by atoms with E-state index in [0.29, 0.717) is 0 Å². The number of hydrogen-bond acceptors (Lipinski definition) is 4. The molecule has 1 aliphatic rings. The highest BCUT2D eigenvalue weighted by Gasteiger charge is 2.17. The third kappa shape index (κ3) is 2.95. The highest BCUT2D eigenvalue weighted by atomic mass is 15.6. The normalized spacial score (nSPS) is 14.2. The molecule has 0 aliphatic carbocycles. The summed E-state index contributed by atoms with van der Waals surface area (Å²) in [5.41, 5.74) is 2.38. The molecule has 0 radical (unpaired) electrons. The molecule has 0 N–H and O–H groups in total. The van der Waals surface area contributed by atoms with Gasteiger partial charge in [-0.05, 0) is 37.1 Å². The van der Waals surface area contributed by atoms with Gasteiger partial charge in [0.15, 0.2) is 0 Å². The van der Waals surface area contributed by atoms with Crippen molar-refractivity contribution < 1.29 is 0 Å². The van der Waals surface area contributed by atoms with E-state index in [9.17, 15) is 0 Å². The first kappa shape index (κ1) is 14.4. The van der Waals surface area contributed by atoms with Crippen molar-refractivity contribution in [3.8, 4) is 0 Å². The summed E-state index contributed by atoms with van der Waals surface area (Å²) in [7, 11) is 1.90. The number of hydrazone groups is 1. The highest BCUT2D eigenvalue weighted by Crippen LogP contribution is 2.25. The van der Waals surface area contributed by atoms with E-state index < -0.39 is 0 Å². The zero-order valence-electron chi connectivity index (χ0n) is 12.7. The molecular weight excluding hydrogens is 248 g/mol. The lowest BCUT2D eigenvalue weighted by molar-refractivity contribution is 0.468. The van der Waals surface area contributed by atoms with E-state index >= 15 is 0 Å². The van der Waals surface area contributed by atoms with Gasteiger partial charge < -0.3 is 4.90 Å². The molecule has 4 heteroatoms. The van der Waals surface area contributed by atoms with Gasteiger partial charge in [-0.3, -0.25) is 9.91 Å². The number of anilines is 2. The van der Waals surface area contributed by atoms with E-state index in [0.717, 1.165) is 24.6 Å². The second-order valence-corrected chi connectivity index (χ2v) is 5.04. The number of rotatable bonds is 6. The van der Waals surface area contributed by atoms with E-state index in [1.165, 1.54) is 18.5 Å². The Morgan fingerprint density at radius 2 is 1.70 bits per heavy atom. The molecule has 0 unspecified atom stereocenters. The molecule has 0 saturated carbocycles. The zero-order valence-corrected chi connectivity index (χ0v) is 12.7. The maximum Gasteiger partial charge on any atom is 0.127 e. The minimum atomic E-state index is 0.872. The maximum atomic E-state index is 4.22. The van der Waals surface area contributed by atoms with Crippen LogP contribution in [0, 0.1) is 0 Å². The molecule has 4 nitrogen and oxygen atoms in total. The van der Waals surface area contributed by atoms with Crippen LogP contribution in [0.3, 0.4) is 0 Å². The van der Waals surface area contributed by atoms with Gasteiger partial charge in [-0.2, -0.15) is 5.10 Å².